The minimum Gasteiger partial charge on any atom is -0.396 e. The first kappa shape index (κ1) is 10.9. The van der Waals surface area contributed by atoms with Gasteiger partial charge in [0.25, 0.3) is 0 Å². The minimum absolute atomic E-state index is 0.361. The lowest BCUT2D eigenvalue weighted by Crippen LogP contribution is -1.80. The first-order chi connectivity index (χ1) is 5.31. The average Bonchev–Trinajstić information content (AvgIpc) is 2.75. The summed E-state index contributed by atoms with van der Waals surface area (Å²) in [5.74, 6) is 0. The summed E-state index contributed by atoms with van der Waals surface area (Å²) in [6, 6.07) is 0. The molecule has 1 saturated heterocycles. The van der Waals surface area contributed by atoms with Crippen molar-refractivity contribution < 1.29 is 9.84 Å². The van der Waals surface area contributed by atoms with E-state index in [1.54, 1.807) is 0 Å². The lowest BCUT2D eigenvalue weighted by molar-refractivity contribution is 0.283. The van der Waals surface area contributed by atoms with Crippen LogP contribution in [-0.4, -0.2) is 24.4 Å². The Hall–Kier alpha value is -0.0800. The average molecular weight is 160 g/mol. The van der Waals surface area contributed by atoms with Crippen LogP contribution in [0.2, 0.25) is 0 Å². The van der Waals surface area contributed by atoms with E-state index in [9.17, 15) is 0 Å². The zero-order chi connectivity index (χ0) is 8.53. The van der Waals surface area contributed by atoms with Gasteiger partial charge in [-0.1, -0.05) is 26.2 Å². The molecule has 0 aromatic heterocycles. The Morgan fingerprint density at radius 2 is 1.91 bits per heavy atom. The fraction of sp³-hybridized carbons (Fsp3) is 1.00. The summed E-state index contributed by atoms with van der Waals surface area (Å²) >= 11 is 0. The summed E-state index contributed by atoms with van der Waals surface area (Å²) in [5.41, 5.74) is 0. The number of aliphatic hydroxyl groups excluding tert-OH is 1. The van der Waals surface area contributed by atoms with E-state index in [2.05, 4.69) is 13.8 Å². The molecule has 1 N–H and O–H groups in total. The van der Waals surface area contributed by atoms with Gasteiger partial charge in [0.15, 0.2) is 0 Å². The highest BCUT2D eigenvalue weighted by atomic mass is 16.6. The van der Waals surface area contributed by atoms with Gasteiger partial charge in [-0.05, 0) is 13.3 Å². The summed E-state index contributed by atoms with van der Waals surface area (Å²) in [7, 11) is 0. The molecule has 68 valence electrons. The maximum Gasteiger partial charge on any atom is 0.0781 e. The third kappa shape index (κ3) is 13.0. The monoisotopic (exact) mass is 160 g/mol. The summed E-state index contributed by atoms with van der Waals surface area (Å²) < 4.78 is 4.71. The van der Waals surface area contributed by atoms with Gasteiger partial charge in [0.1, 0.15) is 0 Å². The van der Waals surface area contributed by atoms with E-state index in [0.29, 0.717) is 12.7 Å². The molecular formula is C9H20O2. The molecule has 1 aliphatic heterocycles. The van der Waals surface area contributed by atoms with Gasteiger partial charge >= 0.3 is 0 Å². The Morgan fingerprint density at radius 3 is 2.18 bits per heavy atom. The molecule has 11 heavy (non-hydrogen) atoms. The Balaban J connectivity index is 0.000000207. The largest absolute Gasteiger partial charge is 0.396 e. The van der Waals surface area contributed by atoms with Crippen molar-refractivity contribution in [1.29, 1.82) is 0 Å². The molecule has 2 heteroatoms. The Morgan fingerprint density at radius 1 is 1.36 bits per heavy atom. The van der Waals surface area contributed by atoms with Crippen LogP contribution in [0.1, 0.15) is 39.5 Å². The molecule has 0 spiro atoms. The first-order valence-electron chi connectivity index (χ1n) is 4.53. The van der Waals surface area contributed by atoms with Crippen molar-refractivity contribution in [1.82, 2.24) is 0 Å². The summed E-state index contributed by atoms with van der Waals surface area (Å²) in [6.45, 7) is 5.57. The Labute approximate surface area is 69.6 Å². The van der Waals surface area contributed by atoms with Crippen LogP contribution in [0.4, 0.5) is 0 Å². The van der Waals surface area contributed by atoms with Crippen LogP contribution in [0, 0.1) is 0 Å². The van der Waals surface area contributed by atoms with Crippen molar-refractivity contribution in [3.8, 4) is 0 Å². The summed E-state index contributed by atoms with van der Waals surface area (Å²) in [5, 5.41) is 8.29. The molecule has 1 atom stereocenters. The zero-order valence-corrected chi connectivity index (χ0v) is 7.68. The maximum atomic E-state index is 8.29. The van der Waals surface area contributed by atoms with E-state index < -0.39 is 0 Å². The molecule has 1 aliphatic rings. The van der Waals surface area contributed by atoms with Crippen LogP contribution < -0.4 is 0 Å². The summed E-state index contributed by atoms with van der Waals surface area (Å²) in [4.78, 5) is 0. The van der Waals surface area contributed by atoms with Crippen molar-refractivity contribution in [3.05, 3.63) is 0 Å². The van der Waals surface area contributed by atoms with Gasteiger partial charge in [-0.25, -0.2) is 0 Å². The second kappa shape index (κ2) is 8.02. The van der Waals surface area contributed by atoms with Crippen LogP contribution in [0.25, 0.3) is 0 Å². The fourth-order valence-corrected chi connectivity index (χ4v) is 0.635. The van der Waals surface area contributed by atoms with Crippen molar-refractivity contribution in [2.45, 2.75) is 45.6 Å². The predicted molar refractivity (Wildman–Crippen MR) is 46.6 cm³/mol. The van der Waals surface area contributed by atoms with E-state index in [-0.39, 0.29) is 0 Å². The normalized spacial score (nSPS) is 20.5. The highest BCUT2D eigenvalue weighted by Gasteiger charge is 2.13. The van der Waals surface area contributed by atoms with Gasteiger partial charge < -0.3 is 9.84 Å². The molecule has 0 aromatic rings. The second-order valence-electron chi connectivity index (χ2n) is 2.93. The van der Waals surface area contributed by atoms with Crippen LogP contribution in [0.3, 0.4) is 0 Å². The van der Waals surface area contributed by atoms with Crippen molar-refractivity contribution in [2.24, 2.45) is 0 Å². The number of rotatable bonds is 4. The molecule has 0 aromatic carbocycles. The number of unbranched alkanes of at least 4 members (excludes halogenated alkanes) is 3. The smallest absolute Gasteiger partial charge is 0.0781 e. The van der Waals surface area contributed by atoms with Crippen molar-refractivity contribution >= 4 is 0 Å². The number of hydrogen-bond donors (Lipinski definition) is 1. The lowest BCUT2D eigenvalue weighted by Gasteiger charge is -1.90. The second-order valence-corrected chi connectivity index (χ2v) is 2.93. The van der Waals surface area contributed by atoms with Crippen molar-refractivity contribution in [3.63, 3.8) is 0 Å². The number of ether oxygens (including phenoxy) is 1. The SMILES string of the molecule is CC1CO1.CCCCCCO. The molecule has 0 aliphatic carbocycles. The lowest BCUT2D eigenvalue weighted by atomic mass is 10.2. The zero-order valence-electron chi connectivity index (χ0n) is 7.68. The number of epoxide rings is 1. The minimum atomic E-state index is 0.361. The molecular weight excluding hydrogens is 140 g/mol. The van der Waals surface area contributed by atoms with Crippen LogP contribution >= 0.6 is 0 Å². The molecule has 1 fully saturated rings. The van der Waals surface area contributed by atoms with Crippen LogP contribution in [0.15, 0.2) is 0 Å². The number of aliphatic hydroxyl groups is 1. The van der Waals surface area contributed by atoms with E-state index in [1.165, 1.54) is 19.3 Å². The predicted octanol–water partition coefficient (Wildman–Crippen LogP) is 1.96. The van der Waals surface area contributed by atoms with Crippen LogP contribution in [-0.2, 0) is 4.74 Å². The molecule has 0 amide bonds. The third-order valence-corrected chi connectivity index (χ3v) is 1.51. The van der Waals surface area contributed by atoms with Gasteiger partial charge in [0.2, 0.25) is 0 Å². The first-order valence-corrected chi connectivity index (χ1v) is 4.53. The third-order valence-electron chi connectivity index (χ3n) is 1.51. The molecule has 2 nitrogen and oxygen atoms in total. The fourth-order valence-electron chi connectivity index (χ4n) is 0.635. The molecule has 0 saturated carbocycles. The molecule has 0 bridgehead atoms. The maximum absolute atomic E-state index is 8.29. The Bertz CT molecular complexity index is 66.0. The molecule has 1 heterocycles. The summed E-state index contributed by atoms with van der Waals surface area (Å²) in [6.07, 6.45) is 5.27. The van der Waals surface area contributed by atoms with Gasteiger partial charge in [0.05, 0.1) is 12.7 Å². The molecule has 0 radical (unpaired) electrons. The Kier molecular flexibility index (Phi) is 7.96. The van der Waals surface area contributed by atoms with Gasteiger partial charge in [-0.15, -0.1) is 0 Å². The number of hydrogen-bond acceptors (Lipinski definition) is 2. The highest BCUT2D eigenvalue weighted by molar-refractivity contribution is 4.58. The molecule has 1 unspecified atom stereocenters. The van der Waals surface area contributed by atoms with Gasteiger partial charge in [-0.2, -0.15) is 0 Å². The van der Waals surface area contributed by atoms with Gasteiger partial charge in [0, 0.05) is 6.61 Å². The van der Waals surface area contributed by atoms with Crippen molar-refractivity contribution in [2.75, 3.05) is 13.2 Å². The van der Waals surface area contributed by atoms with Crippen LogP contribution in [0.5, 0.6) is 0 Å². The van der Waals surface area contributed by atoms with E-state index in [4.69, 9.17) is 9.84 Å². The van der Waals surface area contributed by atoms with E-state index >= 15 is 0 Å². The molecule has 1 rings (SSSR count). The highest BCUT2D eigenvalue weighted by Crippen LogP contribution is 2.04. The quantitative estimate of drug-likeness (QED) is 0.503. The topological polar surface area (TPSA) is 32.8 Å². The standard InChI is InChI=1S/C6H14O.C3H6O/c1-2-3-4-5-6-7;1-3-2-4-3/h7H,2-6H2,1H3;3H,2H2,1H3. The van der Waals surface area contributed by atoms with E-state index in [1.807, 2.05) is 0 Å². The van der Waals surface area contributed by atoms with E-state index in [0.717, 1.165) is 13.0 Å². The van der Waals surface area contributed by atoms with Gasteiger partial charge in [-0.3, -0.25) is 0 Å².